The summed E-state index contributed by atoms with van der Waals surface area (Å²) in [5.74, 6) is 3.30. The molecule has 0 fully saturated rings. The molecular weight excluding hydrogens is 194 g/mol. The van der Waals surface area contributed by atoms with Gasteiger partial charge in [-0.2, -0.15) is 0 Å². The molecule has 0 spiro atoms. The Labute approximate surface area is 98.3 Å². The van der Waals surface area contributed by atoms with Gasteiger partial charge in [0.25, 0.3) is 0 Å². The van der Waals surface area contributed by atoms with E-state index in [2.05, 4.69) is 44.1 Å². The molecule has 1 aliphatic rings. The standard InChI is InChI=1S/C15H19N/c1-5-6-16-15-9-12(4)13-7-10(2)11(3)8-14(13)15/h1,7-8,12,15-16H,6,9H2,2-4H3/t12?,15-/m1/s1. The van der Waals surface area contributed by atoms with Crippen LogP contribution in [0.4, 0.5) is 0 Å². The second-order valence-electron chi connectivity index (χ2n) is 4.84. The number of aryl methyl sites for hydroxylation is 2. The number of terminal acetylenes is 1. The van der Waals surface area contributed by atoms with Crippen molar-refractivity contribution in [1.82, 2.24) is 5.32 Å². The van der Waals surface area contributed by atoms with E-state index in [-0.39, 0.29) is 0 Å². The number of fused-ring (bicyclic) bond motifs is 1. The summed E-state index contributed by atoms with van der Waals surface area (Å²) in [6.07, 6.45) is 6.47. The second kappa shape index (κ2) is 4.31. The SMILES string of the molecule is C#CCN[C@@H]1CC(C)c2cc(C)c(C)cc21. The molecule has 2 rings (SSSR count). The lowest BCUT2D eigenvalue weighted by Gasteiger charge is -2.13. The Morgan fingerprint density at radius 1 is 1.31 bits per heavy atom. The molecule has 0 amide bonds. The number of hydrogen-bond donors (Lipinski definition) is 1. The molecule has 1 unspecified atom stereocenters. The van der Waals surface area contributed by atoms with Crippen LogP contribution in [0.3, 0.4) is 0 Å². The van der Waals surface area contributed by atoms with Crippen LogP contribution >= 0.6 is 0 Å². The molecule has 0 saturated carbocycles. The average Bonchev–Trinajstić information content (AvgIpc) is 2.54. The average molecular weight is 213 g/mol. The highest BCUT2D eigenvalue weighted by Gasteiger charge is 2.27. The second-order valence-corrected chi connectivity index (χ2v) is 4.84. The minimum absolute atomic E-state index is 0.445. The van der Waals surface area contributed by atoms with Crippen LogP contribution in [-0.4, -0.2) is 6.54 Å². The van der Waals surface area contributed by atoms with E-state index < -0.39 is 0 Å². The van der Waals surface area contributed by atoms with Crippen LogP contribution < -0.4 is 5.32 Å². The first-order valence-corrected chi connectivity index (χ1v) is 5.91. The first-order valence-electron chi connectivity index (χ1n) is 5.91. The van der Waals surface area contributed by atoms with Gasteiger partial charge in [0.1, 0.15) is 0 Å². The van der Waals surface area contributed by atoms with Crippen LogP contribution in [0.15, 0.2) is 12.1 Å². The molecular formula is C15H19N. The Balaban J connectivity index is 2.34. The van der Waals surface area contributed by atoms with E-state index in [1.807, 2.05) is 0 Å². The number of benzene rings is 1. The van der Waals surface area contributed by atoms with Gasteiger partial charge in [0.15, 0.2) is 0 Å². The van der Waals surface area contributed by atoms with Gasteiger partial charge >= 0.3 is 0 Å². The van der Waals surface area contributed by atoms with Gasteiger partial charge in [0, 0.05) is 6.04 Å². The topological polar surface area (TPSA) is 12.0 Å². The maximum atomic E-state index is 5.30. The molecule has 1 aromatic carbocycles. The molecule has 0 aromatic heterocycles. The molecule has 1 aliphatic carbocycles. The molecule has 84 valence electrons. The predicted octanol–water partition coefficient (Wildman–Crippen LogP) is 3.07. The molecule has 0 radical (unpaired) electrons. The highest BCUT2D eigenvalue weighted by molar-refractivity contribution is 5.44. The molecule has 1 N–H and O–H groups in total. The molecule has 1 aromatic rings. The van der Waals surface area contributed by atoms with Gasteiger partial charge in [-0.05, 0) is 48.4 Å². The van der Waals surface area contributed by atoms with Gasteiger partial charge in [0.05, 0.1) is 6.54 Å². The van der Waals surface area contributed by atoms with Crippen LogP contribution in [0.2, 0.25) is 0 Å². The largest absolute Gasteiger partial charge is 0.299 e. The predicted molar refractivity (Wildman–Crippen MR) is 68.5 cm³/mol. The summed E-state index contributed by atoms with van der Waals surface area (Å²) in [5.41, 5.74) is 5.71. The van der Waals surface area contributed by atoms with E-state index in [9.17, 15) is 0 Å². The van der Waals surface area contributed by atoms with Crippen molar-refractivity contribution in [3.05, 3.63) is 34.4 Å². The fraction of sp³-hybridized carbons (Fsp3) is 0.467. The van der Waals surface area contributed by atoms with E-state index in [1.54, 1.807) is 0 Å². The molecule has 0 heterocycles. The van der Waals surface area contributed by atoms with Crippen molar-refractivity contribution in [2.45, 2.75) is 39.2 Å². The van der Waals surface area contributed by atoms with Gasteiger partial charge in [-0.25, -0.2) is 0 Å². The van der Waals surface area contributed by atoms with E-state index in [0.29, 0.717) is 18.5 Å². The summed E-state index contributed by atoms with van der Waals surface area (Å²) in [5, 5.41) is 3.43. The van der Waals surface area contributed by atoms with E-state index in [1.165, 1.54) is 28.7 Å². The van der Waals surface area contributed by atoms with Crippen molar-refractivity contribution in [3.8, 4) is 12.3 Å². The first kappa shape index (κ1) is 11.2. The lowest BCUT2D eigenvalue weighted by Crippen LogP contribution is -2.19. The zero-order valence-electron chi connectivity index (χ0n) is 10.3. The minimum atomic E-state index is 0.445. The van der Waals surface area contributed by atoms with Crippen LogP contribution in [-0.2, 0) is 0 Å². The van der Waals surface area contributed by atoms with Crippen molar-refractivity contribution in [3.63, 3.8) is 0 Å². The van der Waals surface area contributed by atoms with Crippen molar-refractivity contribution in [1.29, 1.82) is 0 Å². The highest BCUT2D eigenvalue weighted by Crippen LogP contribution is 2.40. The molecule has 0 saturated heterocycles. The third kappa shape index (κ3) is 1.86. The van der Waals surface area contributed by atoms with Gasteiger partial charge < -0.3 is 0 Å². The lowest BCUT2D eigenvalue weighted by molar-refractivity contribution is 0.536. The molecule has 0 aliphatic heterocycles. The minimum Gasteiger partial charge on any atom is -0.299 e. The van der Waals surface area contributed by atoms with E-state index in [0.717, 1.165) is 0 Å². The van der Waals surface area contributed by atoms with E-state index >= 15 is 0 Å². The summed E-state index contributed by atoms with van der Waals surface area (Å²) in [6, 6.07) is 5.11. The Bertz CT molecular complexity index is 439. The van der Waals surface area contributed by atoms with Crippen LogP contribution in [0.1, 0.15) is 47.6 Å². The first-order chi connectivity index (χ1) is 7.63. The fourth-order valence-corrected chi connectivity index (χ4v) is 2.57. The summed E-state index contributed by atoms with van der Waals surface area (Å²) >= 11 is 0. The molecule has 0 bridgehead atoms. The summed E-state index contributed by atoms with van der Waals surface area (Å²) in [4.78, 5) is 0. The van der Waals surface area contributed by atoms with Crippen molar-refractivity contribution < 1.29 is 0 Å². The van der Waals surface area contributed by atoms with E-state index in [4.69, 9.17) is 6.42 Å². The maximum absolute atomic E-state index is 5.30. The fourth-order valence-electron chi connectivity index (χ4n) is 2.57. The van der Waals surface area contributed by atoms with Crippen LogP contribution in [0.5, 0.6) is 0 Å². The van der Waals surface area contributed by atoms with Crippen LogP contribution in [0.25, 0.3) is 0 Å². The maximum Gasteiger partial charge on any atom is 0.0578 e. The Hall–Kier alpha value is -1.26. The van der Waals surface area contributed by atoms with Gasteiger partial charge in [0.2, 0.25) is 0 Å². The molecule has 1 heteroatoms. The van der Waals surface area contributed by atoms with Crippen molar-refractivity contribution in [2.75, 3.05) is 6.54 Å². The van der Waals surface area contributed by atoms with Gasteiger partial charge in [-0.15, -0.1) is 6.42 Å². The normalized spacial score (nSPS) is 22.9. The Morgan fingerprint density at radius 3 is 2.56 bits per heavy atom. The number of rotatable bonds is 2. The van der Waals surface area contributed by atoms with Gasteiger partial charge in [-0.3, -0.25) is 5.32 Å². The smallest absolute Gasteiger partial charge is 0.0578 e. The van der Waals surface area contributed by atoms with Gasteiger partial charge in [-0.1, -0.05) is 25.0 Å². The quantitative estimate of drug-likeness (QED) is 0.744. The molecule has 2 atom stereocenters. The summed E-state index contributed by atoms with van der Waals surface area (Å²) in [6.45, 7) is 7.32. The Kier molecular flexibility index (Phi) is 3.03. The summed E-state index contributed by atoms with van der Waals surface area (Å²) in [7, 11) is 0. The zero-order valence-corrected chi connectivity index (χ0v) is 10.3. The Morgan fingerprint density at radius 2 is 1.94 bits per heavy atom. The van der Waals surface area contributed by atoms with Crippen molar-refractivity contribution >= 4 is 0 Å². The van der Waals surface area contributed by atoms with Crippen molar-refractivity contribution in [2.24, 2.45) is 0 Å². The molecule has 1 nitrogen and oxygen atoms in total. The monoisotopic (exact) mass is 213 g/mol. The number of nitrogens with one attached hydrogen (secondary N) is 1. The molecule has 16 heavy (non-hydrogen) atoms. The zero-order chi connectivity index (χ0) is 11.7. The third-order valence-corrected chi connectivity index (χ3v) is 3.65. The third-order valence-electron chi connectivity index (χ3n) is 3.65. The highest BCUT2D eigenvalue weighted by atomic mass is 14.9. The summed E-state index contributed by atoms with van der Waals surface area (Å²) < 4.78 is 0. The van der Waals surface area contributed by atoms with Crippen LogP contribution in [0, 0.1) is 26.2 Å². The number of hydrogen-bond acceptors (Lipinski definition) is 1. The lowest BCUT2D eigenvalue weighted by atomic mass is 9.98.